The summed E-state index contributed by atoms with van der Waals surface area (Å²) in [6, 6.07) is 6.24. The van der Waals surface area contributed by atoms with E-state index in [1.54, 1.807) is 0 Å². The third-order valence-electron chi connectivity index (χ3n) is 3.36. The molecule has 0 aromatic heterocycles. The summed E-state index contributed by atoms with van der Waals surface area (Å²) in [6.45, 7) is 5.35. The standard InChI is InChI=1S/C14H20Cl2N2/c1-2-4-12-10-18(8-3-7-17-12)14-9-11(15)5-6-13(14)16/h5-6,9,12,17H,2-4,7-8,10H2,1H3. The lowest BCUT2D eigenvalue weighted by atomic mass is 10.1. The number of rotatable bonds is 3. The molecule has 1 atom stereocenters. The van der Waals surface area contributed by atoms with Gasteiger partial charge in [-0.15, -0.1) is 0 Å². The van der Waals surface area contributed by atoms with Crippen LogP contribution in [0.5, 0.6) is 0 Å². The molecule has 1 N–H and O–H groups in total. The van der Waals surface area contributed by atoms with Gasteiger partial charge in [-0.1, -0.05) is 36.5 Å². The third kappa shape index (κ3) is 3.53. The van der Waals surface area contributed by atoms with E-state index in [-0.39, 0.29) is 0 Å². The van der Waals surface area contributed by atoms with Gasteiger partial charge in [0.25, 0.3) is 0 Å². The van der Waals surface area contributed by atoms with Gasteiger partial charge in [-0.25, -0.2) is 0 Å². The van der Waals surface area contributed by atoms with Crippen molar-refractivity contribution in [2.75, 3.05) is 24.5 Å². The first-order valence-corrected chi connectivity index (χ1v) is 7.39. The third-order valence-corrected chi connectivity index (χ3v) is 3.92. The van der Waals surface area contributed by atoms with Crippen LogP contribution in [-0.4, -0.2) is 25.7 Å². The van der Waals surface area contributed by atoms with Crippen LogP contribution >= 0.6 is 23.2 Å². The van der Waals surface area contributed by atoms with E-state index in [0.29, 0.717) is 6.04 Å². The van der Waals surface area contributed by atoms with Crippen molar-refractivity contribution in [3.05, 3.63) is 28.2 Å². The van der Waals surface area contributed by atoms with Crippen LogP contribution in [0.1, 0.15) is 26.2 Å². The van der Waals surface area contributed by atoms with Gasteiger partial charge in [0.1, 0.15) is 0 Å². The Labute approximate surface area is 119 Å². The average Bonchev–Trinajstić information content (AvgIpc) is 2.58. The summed E-state index contributed by atoms with van der Waals surface area (Å²) >= 11 is 12.4. The first-order chi connectivity index (χ1) is 8.70. The molecule has 0 bridgehead atoms. The molecule has 0 amide bonds. The number of hydrogen-bond donors (Lipinski definition) is 1. The minimum atomic E-state index is 0.549. The van der Waals surface area contributed by atoms with Crippen LogP contribution in [0.2, 0.25) is 10.0 Å². The summed E-state index contributed by atoms with van der Waals surface area (Å²) in [6.07, 6.45) is 3.55. The van der Waals surface area contributed by atoms with Crippen molar-refractivity contribution >= 4 is 28.9 Å². The predicted octanol–water partition coefficient (Wildman–Crippen LogP) is 3.96. The number of anilines is 1. The molecular weight excluding hydrogens is 267 g/mol. The molecule has 0 aliphatic carbocycles. The van der Waals surface area contributed by atoms with Crippen LogP contribution in [0.15, 0.2) is 18.2 Å². The highest BCUT2D eigenvalue weighted by molar-refractivity contribution is 6.35. The first kappa shape index (κ1) is 14.0. The molecule has 1 aromatic carbocycles. The second-order valence-corrected chi connectivity index (χ2v) is 5.68. The fourth-order valence-electron chi connectivity index (χ4n) is 2.49. The van der Waals surface area contributed by atoms with Gasteiger partial charge in [-0.05, 0) is 37.6 Å². The minimum Gasteiger partial charge on any atom is -0.369 e. The SMILES string of the molecule is CCCC1CN(c2cc(Cl)ccc2Cl)CCCN1. The number of hydrogen-bond acceptors (Lipinski definition) is 2. The maximum atomic E-state index is 6.29. The second-order valence-electron chi connectivity index (χ2n) is 4.84. The summed E-state index contributed by atoms with van der Waals surface area (Å²) in [5.41, 5.74) is 1.06. The largest absolute Gasteiger partial charge is 0.369 e. The highest BCUT2D eigenvalue weighted by Crippen LogP contribution is 2.30. The highest BCUT2D eigenvalue weighted by atomic mass is 35.5. The molecule has 1 aliphatic rings. The summed E-state index contributed by atoms with van der Waals surface area (Å²) in [4.78, 5) is 2.36. The Morgan fingerprint density at radius 3 is 3.00 bits per heavy atom. The molecule has 0 radical (unpaired) electrons. The fourth-order valence-corrected chi connectivity index (χ4v) is 2.89. The topological polar surface area (TPSA) is 15.3 Å². The van der Waals surface area contributed by atoms with E-state index >= 15 is 0 Å². The quantitative estimate of drug-likeness (QED) is 0.905. The van der Waals surface area contributed by atoms with E-state index in [9.17, 15) is 0 Å². The van der Waals surface area contributed by atoms with E-state index in [4.69, 9.17) is 23.2 Å². The van der Waals surface area contributed by atoms with E-state index in [1.165, 1.54) is 12.8 Å². The summed E-state index contributed by atoms with van der Waals surface area (Å²) < 4.78 is 0. The van der Waals surface area contributed by atoms with Gasteiger partial charge >= 0.3 is 0 Å². The molecule has 1 aromatic rings. The van der Waals surface area contributed by atoms with Crippen LogP contribution < -0.4 is 10.2 Å². The average molecular weight is 287 g/mol. The highest BCUT2D eigenvalue weighted by Gasteiger charge is 2.19. The van der Waals surface area contributed by atoms with Gasteiger partial charge in [0, 0.05) is 24.2 Å². The molecular formula is C14H20Cl2N2. The van der Waals surface area contributed by atoms with E-state index in [1.807, 2.05) is 18.2 Å². The lowest BCUT2D eigenvalue weighted by molar-refractivity contribution is 0.502. The monoisotopic (exact) mass is 286 g/mol. The molecule has 4 heteroatoms. The molecule has 1 fully saturated rings. The van der Waals surface area contributed by atoms with Crippen LogP contribution in [0, 0.1) is 0 Å². The van der Waals surface area contributed by atoms with Crippen molar-refractivity contribution in [1.82, 2.24) is 5.32 Å². The molecule has 1 saturated heterocycles. The maximum absolute atomic E-state index is 6.29. The summed E-state index contributed by atoms with van der Waals surface area (Å²) in [5.74, 6) is 0. The Bertz CT molecular complexity index is 395. The number of nitrogens with one attached hydrogen (secondary N) is 1. The van der Waals surface area contributed by atoms with E-state index in [0.717, 1.165) is 41.8 Å². The lowest BCUT2D eigenvalue weighted by Crippen LogP contribution is -2.37. The molecule has 1 unspecified atom stereocenters. The Morgan fingerprint density at radius 1 is 1.39 bits per heavy atom. The van der Waals surface area contributed by atoms with Crippen molar-refractivity contribution in [2.24, 2.45) is 0 Å². The summed E-state index contributed by atoms with van der Waals surface area (Å²) in [7, 11) is 0. The molecule has 100 valence electrons. The van der Waals surface area contributed by atoms with Gasteiger partial charge in [0.05, 0.1) is 10.7 Å². The van der Waals surface area contributed by atoms with Crippen molar-refractivity contribution < 1.29 is 0 Å². The molecule has 0 spiro atoms. The Hall–Kier alpha value is -0.440. The zero-order valence-corrected chi connectivity index (χ0v) is 12.3. The molecule has 1 heterocycles. The van der Waals surface area contributed by atoms with Gasteiger partial charge in [-0.3, -0.25) is 0 Å². The molecule has 2 rings (SSSR count). The Balaban J connectivity index is 2.16. The number of halogens is 2. The summed E-state index contributed by atoms with van der Waals surface area (Å²) in [5, 5.41) is 5.14. The minimum absolute atomic E-state index is 0.549. The zero-order valence-electron chi connectivity index (χ0n) is 10.8. The van der Waals surface area contributed by atoms with Crippen molar-refractivity contribution in [1.29, 1.82) is 0 Å². The van der Waals surface area contributed by atoms with Gasteiger partial charge in [-0.2, -0.15) is 0 Å². The fraction of sp³-hybridized carbons (Fsp3) is 0.571. The molecule has 18 heavy (non-hydrogen) atoms. The van der Waals surface area contributed by atoms with Crippen LogP contribution in [0.3, 0.4) is 0 Å². The van der Waals surface area contributed by atoms with Gasteiger partial charge in [0.15, 0.2) is 0 Å². The normalized spacial score (nSPS) is 20.8. The second kappa shape index (κ2) is 6.65. The molecule has 2 nitrogen and oxygen atoms in total. The van der Waals surface area contributed by atoms with E-state index in [2.05, 4.69) is 17.1 Å². The smallest absolute Gasteiger partial charge is 0.0640 e. The number of benzene rings is 1. The van der Waals surface area contributed by atoms with Crippen LogP contribution in [0.25, 0.3) is 0 Å². The molecule has 1 aliphatic heterocycles. The zero-order chi connectivity index (χ0) is 13.0. The maximum Gasteiger partial charge on any atom is 0.0640 e. The van der Waals surface area contributed by atoms with Crippen LogP contribution in [0.4, 0.5) is 5.69 Å². The number of nitrogens with zero attached hydrogens (tertiary/aromatic N) is 1. The van der Waals surface area contributed by atoms with Gasteiger partial charge in [0.2, 0.25) is 0 Å². The molecule has 0 saturated carbocycles. The Kier molecular flexibility index (Phi) is 5.16. The lowest BCUT2D eigenvalue weighted by Gasteiger charge is -2.27. The van der Waals surface area contributed by atoms with Crippen LogP contribution in [-0.2, 0) is 0 Å². The van der Waals surface area contributed by atoms with Gasteiger partial charge < -0.3 is 10.2 Å². The first-order valence-electron chi connectivity index (χ1n) is 6.64. The van der Waals surface area contributed by atoms with E-state index < -0.39 is 0 Å². The predicted molar refractivity (Wildman–Crippen MR) is 80.0 cm³/mol. The van der Waals surface area contributed by atoms with Crippen molar-refractivity contribution in [2.45, 2.75) is 32.2 Å². The van der Waals surface area contributed by atoms with Crippen molar-refractivity contribution in [3.63, 3.8) is 0 Å². The van der Waals surface area contributed by atoms with Crippen molar-refractivity contribution in [3.8, 4) is 0 Å². The Morgan fingerprint density at radius 2 is 2.22 bits per heavy atom.